The van der Waals surface area contributed by atoms with Crippen LogP contribution in [0.5, 0.6) is 0 Å². The Kier molecular flexibility index (Phi) is 5.62. The molecular formula is C18H18FN5OS. The van der Waals surface area contributed by atoms with Gasteiger partial charge in [0, 0.05) is 25.0 Å². The lowest BCUT2D eigenvalue weighted by Crippen LogP contribution is -2.28. The molecule has 0 spiro atoms. The molecule has 0 saturated heterocycles. The number of carbonyl (C=O) groups is 1. The predicted octanol–water partition coefficient (Wildman–Crippen LogP) is 2.99. The first-order valence-corrected chi connectivity index (χ1v) is 9.00. The zero-order valence-corrected chi connectivity index (χ0v) is 15.2. The van der Waals surface area contributed by atoms with Crippen LogP contribution >= 0.6 is 11.8 Å². The van der Waals surface area contributed by atoms with Crippen molar-refractivity contribution in [3.63, 3.8) is 0 Å². The van der Waals surface area contributed by atoms with Crippen LogP contribution in [0.3, 0.4) is 0 Å². The maximum Gasteiger partial charge on any atom is 0.230 e. The Morgan fingerprint density at radius 3 is 2.73 bits per heavy atom. The van der Waals surface area contributed by atoms with Crippen LogP contribution in [0.2, 0.25) is 0 Å². The third-order valence-electron chi connectivity index (χ3n) is 3.83. The fourth-order valence-electron chi connectivity index (χ4n) is 2.44. The van der Waals surface area contributed by atoms with Crippen LogP contribution in [0.25, 0.3) is 11.4 Å². The van der Waals surface area contributed by atoms with E-state index in [9.17, 15) is 9.18 Å². The van der Waals surface area contributed by atoms with E-state index in [4.69, 9.17) is 0 Å². The summed E-state index contributed by atoms with van der Waals surface area (Å²) in [7, 11) is 1.85. The van der Waals surface area contributed by atoms with Gasteiger partial charge in [-0.15, -0.1) is 10.2 Å². The fourth-order valence-corrected chi connectivity index (χ4v) is 3.16. The summed E-state index contributed by atoms with van der Waals surface area (Å²) in [5, 5.41) is 11.8. The number of rotatable bonds is 6. The van der Waals surface area contributed by atoms with E-state index in [0.717, 1.165) is 11.1 Å². The highest BCUT2D eigenvalue weighted by Gasteiger charge is 2.14. The Balaban J connectivity index is 1.58. The third-order valence-corrected chi connectivity index (χ3v) is 4.85. The summed E-state index contributed by atoms with van der Waals surface area (Å²) in [4.78, 5) is 16.3. The minimum Gasteiger partial charge on any atom is -0.349 e. The minimum atomic E-state index is -0.297. The Labute approximate surface area is 154 Å². The molecule has 0 aliphatic heterocycles. The molecule has 0 bridgehead atoms. The summed E-state index contributed by atoms with van der Waals surface area (Å²) in [6.07, 6.45) is 3.41. The standard InChI is InChI=1S/C18H18FN5OS/c1-12(13-5-7-15(19)8-6-13)21-16(25)11-26-18-23-22-17(24(18)2)14-4-3-9-20-10-14/h3-10,12H,11H2,1-2H3,(H,21,25). The lowest BCUT2D eigenvalue weighted by atomic mass is 10.1. The molecular weight excluding hydrogens is 353 g/mol. The molecule has 0 radical (unpaired) electrons. The molecule has 0 aliphatic carbocycles. The van der Waals surface area contributed by atoms with Crippen LogP contribution in [0.15, 0.2) is 53.9 Å². The van der Waals surface area contributed by atoms with Crippen molar-refractivity contribution >= 4 is 17.7 Å². The third kappa shape index (κ3) is 4.26. The summed E-state index contributed by atoms with van der Waals surface area (Å²) >= 11 is 1.31. The van der Waals surface area contributed by atoms with Gasteiger partial charge < -0.3 is 9.88 Å². The number of nitrogens with zero attached hydrogens (tertiary/aromatic N) is 4. The van der Waals surface area contributed by atoms with E-state index < -0.39 is 0 Å². The van der Waals surface area contributed by atoms with Gasteiger partial charge in [0.15, 0.2) is 11.0 Å². The van der Waals surface area contributed by atoms with Gasteiger partial charge in [-0.05, 0) is 36.8 Å². The van der Waals surface area contributed by atoms with Gasteiger partial charge in [0.25, 0.3) is 0 Å². The first-order valence-electron chi connectivity index (χ1n) is 8.02. The number of halogens is 1. The number of thioether (sulfide) groups is 1. The van der Waals surface area contributed by atoms with Crippen LogP contribution in [-0.2, 0) is 11.8 Å². The number of carbonyl (C=O) groups excluding carboxylic acids is 1. The molecule has 3 aromatic rings. The Morgan fingerprint density at radius 2 is 2.04 bits per heavy atom. The summed E-state index contributed by atoms with van der Waals surface area (Å²) in [5.74, 6) is 0.484. The van der Waals surface area contributed by atoms with Gasteiger partial charge in [0.2, 0.25) is 5.91 Å². The number of amides is 1. The molecule has 3 rings (SSSR count). The molecule has 6 nitrogen and oxygen atoms in total. The molecule has 0 fully saturated rings. The second kappa shape index (κ2) is 8.09. The second-order valence-electron chi connectivity index (χ2n) is 5.74. The van der Waals surface area contributed by atoms with Crippen molar-refractivity contribution in [3.05, 3.63) is 60.2 Å². The molecule has 2 heterocycles. The largest absolute Gasteiger partial charge is 0.349 e. The summed E-state index contributed by atoms with van der Waals surface area (Å²) in [5.41, 5.74) is 1.71. The van der Waals surface area contributed by atoms with Crippen molar-refractivity contribution in [2.24, 2.45) is 7.05 Å². The van der Waals surface area contributed by atoms with Gasteiger partial charge in [0.1, 0.15) is 5.82 Å². The van der Waals surface area contributed by atoms with Crippen molar-refractivity contribution in [1.29, 1.82) is 0 Å². The van der Waals surface area contributed by atoms with Crippen molar-refractivity contribution in [3.8, 4) is 11.4 Å². The van der Waals surface area contributed by atoms with Gasteiger partial charge in [-0.3, -0.25) is 9.78 Å². The van der Waals surface area contributed by atoms with E-state index in [0.29, 0.717) is 11.0 Å². The van der Waals surface area contributed by atoms with Gasteiger partial charge >= 0.3 is 0 Å². The van der Waals surface area contributed by atoms with E-state index in [1.807, 2.05) is 30.7 Å². The van der Waals surface area contributed by atoms with Crippen LogP contribution in [0.1, 0.15) is 18.5 Å². The highest BCUT2D eigenvalue weighted by Crippen LogP contribution is 2.22. The van der Waals surface area contributed by atoms with Gasteiger partial charge in [-0.25, -0.2) is 4.39 Å². The molecule has 26 heavy (non-hydrogen) atoms. The molecule has 1 amide bonds. The van der Waals surface area contributed by atoms with Crippen LogP contribution < -0.4 is 5.32 Å². The van der Waals surface area contributed by atoms with Crippen molar-refractivity contribution in [2.75, 3.05) is 5.75 Å². The van der Waals surface area contributed by atoms with E-state index in [1.54, 1.807) is 24.5 Å². The molecule has 2 aromatic heterocycles. The fraction of sp³-hybridized carbons (Fsp3) is 0.222. The number of hydrogen-bond acceptors (Lipinski definition) is 5. The summed E-state index contributed by atoms with van der Waals surface area (Å²) < 4.78 is 14.8. The zero-order chi connectivity index (χ0) is 18.5. The smallest absolute Gasteiger partial charge is 0.230 e. The number of hydrogen-bond donors (Lipinski definition) is 1. The van der Waals surface area contributed by atoms with Crippen molar-refractivity contribution in [1.82, 2.24) is 25.1 Å². The first-order chi connectivity index (χ1) is 12.5. The van der Waals surface area contributed by atoms with Gasteiger partial charge in [-0.1, -0.05) is 23.9 Å². The topological polar surface area (TPSA) is 72.7 Å². The number of aromatic nitrogens is 4. The van der Waals surface area contributed by atoms with Gasteiger partial charge in [-0.2, -0.15) is 0 Å². The lowest BCUT2D eigenvalue weighted by molar-refractivity contribution is -0.119. The quantitative estimate of drug-likeness (QED) is 0.675. The zero-order valence-electron chi connectivity index (χ0n) is 14.4. The van der Waals surface area contributed by atoms with Crippen molar-refractivity contribution < 1.29 is 9.18 Å². The Bertz CT molecular complexity index is 882. The highest BCUT2D eigenvalue weighted by molar-refractivity contribution is 7.99. The first kappa shape index (κ1) is 18.1. The highest BCUT2D eigenvalue weighted by atomic mass is 32.2. The number of pyridine rings is 1. The monoisotopic (exact) mass is 371 g/mol. The normalized spacial score (nSPS) is 12.0. The summed E-state index contributed by atoms with van der Waals surface area (Å²) in [6, 6.07) is 9.63. The Hall–Kier alpha value is -2.74. The molecule has 8 heteroatoms. The van der Waals surface area contributed by atoms with Crippen LogP contribution in [0.4, 0.5) is 4.39 Å². The molecule has 0 saturated carbocycles. The maximum absolute atomic E-state index is 13.0. The SMILES string of the molecule is CC(NC(=O)CSc1nnc(-c2cccnc2)n1C)c1ccc(F)cc1. The van der Waals surface area contributed by atoms with E-state index >= 15 is 0 Å². The number of nitrogens with one attached hydrogen (secondary N) is 1. The number of benzene rings is 1. The van der Waals surface area contributed by atoms with Gasteiger partial charge in [0.05, 0.1) is 11.8 Å². The molecule has 1 atom stereocenters. The molecule has 1 unspecified atom stereocenters. The second-order valence-corrected chi connectivity index (χ2v) is 6.68. The molecule has 1 N–H and O–H groups in total. The average molecular weight is 371 g/mol. The van der Waals surface area contributed by atoms with E-state index in [-0.39, 0.29) is 23.5 Å². The van der Waals surface area contributed by atoms with E-state index in [2.05, 4.69) is 20.5 Å². The van der Waals surface area contributed by atoms with Crippen molar-refractivity contribution in [2.45, 2.75) is 18.1 Å². The summed E-state index contributed by atoms with van der Waals surface area (Å²) in [6.45, 7) is 1.86. The van der Waals surface area contributed by atoms with E-state index in [1.165, 1.54) is 23.9 Å². The predicted molar refractivity (Wildman–Crippen MR) is 97.9 cm³/mol. The molecule has 1 aromatic carbocycles. The Morgan fingerprint density at radius 1 is 1.27 bits per heavy atom. The lowest BCUT2D eigenvalue weighted by Gasteiger charge is -2.14. The average Bonchev–Trinajstić information content (AvgIpc) is 3.02. The minimum absolute atomic E-state index is 0.127. The molecule has 0 aliphatic rings. The maximum atomic E-state index is 13.0. The molecule has 134 valence electrons. The van der Waals surface area contributed by atoms with Crippen LogP contribution in [0, 0.1) is 5.82 Å². The van der Waals surface area contributed by atoms with Crippen LogP contribution in [-0.4, -0.2) is 31.4 Å².